The van der Waals surface area contributed by atoms with Gasteiger partial charge < -0.3 is 10.1 Å². The number of anilines is 1. The molecule has 0 saturated heterocycles. The van der Waals surface area contributed by atoms with Gasteiger partial charge in [0.25, 0.3) is 5.69 Å². The maximum atomic E-state index is 12.4. The van der Waals surface area contributed by atoms with Gasteiger partial charge in [-0.3, -0.25) is 14.9 Å². The normalized spacial score (nSPS) is 11.6. The lowest BCUT2D eigenvalue weighted by Gasteiger charge is -2.13. The molecule has 0 radical (unpaired) electrons. The molecular weight excluding hydrogens is 340 g/mol. The van der Waals surface area contributed by atoms with E-state index in [2.05, 4.69) is 5.32 Å². The summed E-state index contributed by atoms with van der Waals surface area (Å²) in [6.07, 6.45) is 0. The molecule has 2 rings (SSSR count). The van der Waals surface area contributed by atoms with Crippen LogP contribution in [0.1, 0.15) is 18.1 Å². The number of carbonyl (C=O) groups excluding carboxylic acids is 1. The SMILES string of the molecule is COc1ccc(NC(=O)[C@@H](C)SCc2ccccc2C)c([N+](=O)[O-])c1. The second kappa shape index (κ2) is 8.53. The summed E-state index contributed by atoms with van der Waals surface area (Å²) in [5, 5.41) is 13.5. The quantitative estimate of drug-likeness (QED) is 0.592. The highest BCUT2D eigenvalue weighted by atomic mass is 32.2. The number of nitrogens with one attached hydrogen (secondary N) is 1. The highest BCUT2D eigenvalue weighted by Gasteiger charge is 2.20. The third kappa shape index (κ3) is 4.96. The Morgan fingerprint density at radius 3 is 2.68 bits per heavy atom. The van der Waals surface area contributed by atoms with Gasteiger partial charge in [-0.25, -0.2) is 0 Å². The third-order valence-electron chi connectivity index (χ3n) is 3.78. The van der Waals surface area contributed by atoms with Crippen LogP contribution in [0.2, 0.25) is 0 Å². The van der Waals surface area contributed by atoms with Crippen molar-refractivity contribution in [3.8, 4) is 5.75 Å². The van der Waals surface area contributed by atoms with E-state index in [1.54, 1.807) is 13.0 Å². The van der Waals surface area contributed by atoms with E-state index in [9.17, 15) is 14.9 Å². The molecule has 0 spiro atoms. The summed E-state index contributed by atoms with van der Waals surface area (Å²) in [7, 11) is 1.43. The molecule has 0 heterocycles. The van der Waals surface area contributed by atoms with E-state index < -0.39 is 4.92 Å². The number of ether oxygens (including phenoxy) is 1. The lowest BCUT2D eigenvalue weighted by Crippen LogP contribution is -2.23. The Bertz CT molecular complexity index is 779. The molecule has 0 fully saturated rings. The minimum Gasteiger partial charge on any atom is -0.496 e. The van der Waals surface area contributed by atoms with Crippen molar-refractivity contribution < 1.29 is 14.5 Å². The Kier molecular flexibility index (Phi) is 6.41. The average Bonchev–Trinajstić information content (AvgIpc) is 2.60. The summed E-state index contributed by atoms with van der Waals surface area (Å²) in [4.78, 5) is 23.0. The standard InChI is InChI=1S/C18H20N2O4S/c1-12-6-4-5-7-14(12)11-25-13(2)18(21)19-16-9-8-15(24-3)10-17(16)20(22)23/h4-10,13H,11H2,1-3H3,(H,19,21)/t13-/m1/s1. The van der Waals surface area contributed by atoms with Gasteiger partial charge >= 0.3 is 0 Å². The van der Waals surface area contributed by atoms with Gasteiger partial charge in [-0.05, 0) is 37.1 Å². The number of carbonyl (C=O) groups is 1. The first-order valence-corrected chi connectivity index (χ1v) is 8.76. The molecule has 0 aliphatic heterocycles. The maximum absolute atomic E-state index is 12.4. The van der Waals surface area contributed by atoms with Crippen molar-refractivity contribution in [3.63, 3.8) is 0 Å². The van der Waals surface area contributed by atoms with Gasteiger partial charge in [0.05, 0.1) is 23.3 Å². The topological polar surface area (TPSA) is 81.5 Å². The highest BCUT2D eigenvalue weighted by Crippen LogP contribution is 2.30. The first-order chi connectivity index (χ1) is 11.9. The van der Waals surface area contributed by atoms with Gasteiger partial charge in [-0.2, -0.15) is 0 Å². The second-order valence-electron chi connectivity index (χ2n) is 5.51. The predicted octanol–water partition coefficient (Wildman–Crippen LogP) is 4.17. The van der Waals surface area contributed by atoms with Crippen LogP contribution in [0.25, 0.3) is 0 Å². The fourth-order valence-corrected chi connectivity index (χ4v) is 3.16. The summed E-state index contributed by atoms with van der Waals surface area (Å²) in [5.41, 5.74) is 2.32. The van der Waals surface area contributed by atoms with Crippen LogP contribution in [-0.2, 0) is 10.5 Å². The summed E-state index contributed by atoms with van der Waals surface area (Å²) in [6.45, 7) is 3.81. The first kappa shape index (κ1) is 18.8. The number of methoxy groups -OCH3 is 1. The third-order valence-corrected chi connectivity index (χ3v) is 4.97. The lowest BCUT2D eigenvalue weighted by molar-refractivity contribution is -0.384. The van der Waals surface area contributed by atoms with Crippen molar-refractivity contribution in [2.45, 2.75) is 24.9 Å². The Balaban J connectivity index is 2.04. The number of hydrogen-bond acceptors (Lipinski definition) is 5. The molecule has 2 aromatic carbocycles. The van der Waals surface area contributed by atoms with Crippen LogP contribution in [0.15, 0.2) is 42.5 Å². The molecule has 6 nitrogen and oxygen atoms in total. The zero-order valence-electron chi connectivity index (χ0n) is 14.3. The van der Waals surface area contributed by atoms with E-state index in [-0.39, 0.29) is 22.5 Å². The van der Waals surface area contributed by atoms with E-state index in [0.29, 0.717) is 11.5 Å². The van der Waals surface area contributed by atoms with Gasteiger partial charge in [0, 0.05) is 5.75 Å². The highest BCUT2D eigenvalue weighted by molar-refractivity contribution is 7.99. The van der Waals surface area contributed by atoms with Gasteiger partial charge in [-0.1, -0.05) is 24.3 Å². The summed E-state index contributed by atoms with van der Waals surface area (Å²) >= 11 is 1.49. The molecule has 0 aromatic heterocycles. The Morgan fingerprint density at radius 1 is 1.32 bits per heavy atom. The number of hydrogen-bond donors (Lipinski definition) is 1. The van der Waals surface area contributed by atoms with E-state index in [0.717, 1.165) is 0 Å². The fraction of sp³-hybridized carbons (Fsp3) is 0.278. The molecule has 0 unspecified atom stereocenters. The predicted molar refractivity (Wildman–Crippen MR) is 100 cm³/mol. The molecule has 0 saturated carbocycles. The molecule has 0 bridgehead atoms. The van der Waals surface area contributed by atoms with Gasteiger partial charge in [-0.15, -0.1) is 11.8 Å². The van der Waals surface area contributed by atoms with E-state index in [4.69, 9.17) is 4.74 Å². The lowest BCUT2D eigenvalue weighted by atomic mass is 10.1. The van der Waals surface area contributed by atoms with Gasteiger partial charge in [0.15, 0.2) is 0 Å². The maximum Gasteiger partial charge on any atom is 0.296 e. The minimum absolute atomic E-state index is 0.166. The molecule has 0 aliphatic carbocycles. The minimum atomic E-state index is -0.538. The number of nitrogens with zero attached hydrogens (tertiary/aromatic N) is 1. The van der Waals surface area contributed by atoms with Crippen molar-refractivity contribution in [1.82, 2.24) is 0 Å². The molecule has 25 heavy (non-hydrogen) atoms. The van der Waals surface area contributed by atoms with Crippen LogP contribution in [-0.4, -0.2) is 23.2 Å². The van der Waals surface area contributed by atoms with Crippen molar-refractivity contribution >= 4 is 29.0 Å². The number of aryl methyl sites for hydroxylation is 1. The molecular formula is C18H20N2O4S. The van der Waals surface area contributed by atoms with Crippen molar-refractivity contribution in [2.24, 2.45) is 0 Å². The van der Waals surface area contributed by atoms with Crippen molar-refractivity contribution in [1.29, 1.82) is 0 Å². The first-order valence-electron chi connectivity index (χ1n) is 7.71. The average molecular weight is 360 g/mol. The molecule has 132 valence electrons. The monoisotopic (exact) mass is 360 g/mol. The number of amides is 1. The fourth-order valence-electron chi connectivity index (χ4n) is 2.19. The number of rotatable bonds is 7. The second-order valence-corrected chi connectivity index (χ2v) is 6.84. The van der Waals surface area contributed by atoms with Crippen LogP contribution in [0, 0.1) is 17.0 Å². The number of thioether (sulfide) groups is 1. The van der Waals surface area contributed by atoms with Crippen LogP contribution in [0.3, 0.4) is 0 Å². The Hall–Kier alpha value is -2.54. The molecule has 1 amide bonds. The Morgan fingerprint density at radius 2 is 2.04 bits per heavy atom. The van der Waals surface area contributed by atoms with Crippen molar-refractivity contribution in [2.75, 3.05) is 12.4 Å². The van der Waals surface area contributed by atoms with Crippen LogP contribution >= 0.6 is 11.8 Å². The molecule has 7 heteroatoms. The largest absolute Gasteiger partial charge is 0.496 e. The number of nitro groups is 1. The van der Waals surface area contributed by atoms with Gasteiger partial charge in [0.1, 0.15) is 11.4 Å². The number of nitro benzene ring substituents is 1. The van der Waals surface area contributed by atoms with E-state index in [1.807, 2.05) is 31.2 Å². The van der Waals surface area contributed by atoms with Crippen LogP contribution < -0.4 is 10.1 Å². The molecule has 1 atom stereocenters. The smallest absolute Gasteiger partial charge is 0.296 e. The number of benzene rings is 2. The Labute approximate surface area is 150 Å². The van der Waals surface area contributed by atoms with E-state index >= 15 is 0 Å². The van der Waals surface area contributed by atoms with Crippen LogP contribution in [0.5, 0.6) is 5.75 Å². The van der Waals surface area contributed by atoms with Crippen molar-refractivity contribution in [3.05, 3.63) is 63.7 Å². The summed E-state index contributed by atoms with van der Waals surface area (Å²) in [5.74, 6) is 0.796. The molecule has 0 aliphatic rings. The summed E-state index contributed by atoms with van der Waals surface area (Å²) in [6, 6.07) is 12.3. The zero-order valence-corrected chi connectivity index (χ0v) is 15.1. The molecule has 1 N–H and O–H groups in total. The van der Waals surface area contributed by atoms with Crippen LogP contribution in [0.4, 0.5) is 11.4 Å². The molecule has 2 aromatic rings. The van der Waals surface area contributed by atoms with Gasteiger partial charge in [0.2, 0.25) is 5.91 Å². The zero-order chi connectivity index (χ0) is 18.4. The van der Waals surface area contributed by atoms with E-state index in [1.165, 1.54) is 42.1 Å². The summed E-state index contributed by atoms with van der Waals surface area (Å²) < 4.78 is 4.99.